The van der Waals surface area contributed by atoms with E-state index in [0.717, 1.165) is 5.56 Å². The summed E-state index contributed by atoms with van der Waals surface area (Å²) in [6.45, 7) is 7.16. The highest BCUT2D eigenvalue weighted by molar-refractivity contribution is 5.94. The van der Waals surface area contributed by atoms with Gasteiger partial charge in [0.2, 0.25) is 0 Å². The van der Waals surface area contributed by atoms with E-state index in [-0.39, 0.29) is 17.9 Å². The molecule has 6 heteroatoms. The minimum atomic E-state index is -0.648. The average Bonchev–Trinajstić information content (AvgIpc) is 2.74. The zero-order valence-electron chi connectivity index (χ0n) is 17.4. The maximum absolute atomic E-state index is 13.0. The lowest BCUT2D eigenvalue weighted by atomic mass is 10.1. The van der Waals surface area contributed by atoms with E-state index in [4.69, 9.17) is 9.47 Å². The molecule has 0 spiro atoms. The summed E-state index contributed by atoms with van der Waals surface area (Å²) in [6.07, 6.45) is -0.648. The lowest BCUT2D eigenvalue weighted by Crippen LogP contribution is -2.57. The summed E-state index contributed by atoms with van der Waals surface area (Å²) in [7, 11) is 1.58. The first-order valence-electron chi connectivity index (χ1n) is 9.86. The number of benzene rings is 2. The molecule has 29 heavy (non-hydrogen) atoms. The molecule has 0 aromatic heterocycles. The van der Waals surface area contributed by atoms with Gasteiger partial charge in [0.1, 0.15) is 0 Å². The molecule has 1 saturated heterocycles. The zero-order valence-corrected chi connectivity index (χ0v) is 17.4. The number of rotatable bonds is 5. The van der Waals surface area contributed by atoms with Crippen LogP contribution in [0.2, 0.25) is 0 Å². The molecule has 0 aliphatic carbocycles. The van der Waals surface area contributed by atoms with Crippen molar-refractivity contribution in [3.63, 3.8) is 0 Å². The molecule has 0 N–H and O–H groups in total. The fourth-order valence-electron chi connectivity index (χ4n) is 3.58. The molecule has 1 aliphatic heterocycles. The predicted octanol–water partition coefficient (Wildman–Crippen LogP) is 3.14. The highest BCUT2D eigenvalue weighted by atomic mass is 16.5. The van der Waals surface area contributed by atoms with Gasteiger partial charge in [-0.25, -0.2) is 0 Å². The van der Waals surface area contributed by atoms with Gasteiger partial charge in [-0.2, -0.15) is 0 Å². The average molecular weight is 396 g/mol. The number of methoxy groups -OCH3 is 1. The van der Waals surface area contributed by atoms with Crippen molar-refractivity contribution in [1.29, 1.82) is 0 Å². The van der Waals surface area contributed by atoms with Crippen molar-refractivity contribution in [2.45, 2.75) is 32.9 Å². The highest BCUT2D eigenvalue weighted by Crippen LogP contribution is 2.29. The summed E-state index contributed by atoms with van der Waals surface area (Å²) in [4.78, 5) is 29.3. The summed E-state index contributed by atoms with van der Waals surface area (Å²) in [5.74, 6) is 1.06. The van der Waals surface area contributed by atoms with Crippen molar-refractivity contribution in [2.75, 3.05) is 26.7 Å². The van der Waals surface area contributed by atoms with Crippen molar-refractivity contribution < 1.29 is 19.1 Å². The molecule has 2 aromatic rings. The van der Waals surface area contributed by atoms with Crippen molar-refractivity contribution in [3.8, 4) is 11.5 Å². The number of piperazine rings is 1. The van der Waals surface area contributed by atoms with Crippen LogP contribution in [-0.4, -0.2) is 60.5 Å². The van der Waals surface area contributed by atoms with Crippen molar-refractivity contribution in [2.24, 2.45) is 0 Å². The van der Waals surface area contributed by atoms with E-state index in [2.05, 4.69) is 0 Å². The number of hydrogen-bond donors (Lipinski definition) is 0. The Hall–Kier alpha value is -3.02. The Kier molecular flexibility index (Phi) is 6.42. The standard InChI is InChI=1S/C23H28N2O4/c1-16-10-11-20(21(14-16)28-4)29-18(3)22(26)25-13-12-24(15-17(25)2)23(27)19-8-6-5-7-9-19/h5-11,14,17-18H,12-13,15H2,1-4H3/t17-,18?/m1/s1. The first kappa shape index (κ1) is 20.7. The van der Waals surface area contributed by atoms with Gasteiger partial charge in [0.05, 0.1) is 7.11 Å². The Morgan fingerprint density at radius 2 is 1.79 bits per heavy atom. The molecule has 2 amide bonds. The molecule has 154 valence electrons. The number of carbonyl (C=O) groups excluding carboxylic acids is 2. The van der Waals surface area contributed by atoms with Crippen LogP contribution in [0.3, 0.4) is 0 Å². The number of ether oxygens (including phenoxy) is 2. The second kappa shape index (κ2) is 8.99. The molecular formula is C23H28N2O4. The van der Waals surface area contributed by atoms with E-state index in [0.29, 0.717) is 36.7 Å². The Morgan fingerprint density at radius 3 is 2.45 bits per heavy atom. The van der Waals surface area contributed by atoms with Crippen LogP contribution in [0.15, 0.2) is 48.5 Å². The van der Waals surface area contributed by atoms with E-state index in [9.17, 15) is 9.59 Å². The summed E-state index contributed by atoms with van der Waals surface area (Å²) < 4.78 is 11.3. The summed E-state index contributed by atoms with van der Waals surface area (Å²) in [6, 6.07) is 14.8. The molecule has 0 saturated carbocycles. The Bertz CT molecular complexity index is 868. The van der Waals surface area contributed by atoms with E-state index < -0.39 is 6.10 Å². The second-order valence-electron chi connectivity index (χ2n) is 7.41. The fraction of sp³-hybridized carbons (Fsp3) is 0.391. The molecule has 3 rings (SSSR count). The second-order valence-corrected chi connectivity index (χ2v) is 7.41. The quantitative estimate of drug-likeness (QED) is 0.779. The third kappa shape index (κ3) is 4.70. The van der Waals surface area contributed by atoms with Crippen LogP contribution in [0.4, 0.5) is 0 Å². The van der Waals surface area contributed by atoms with Crippen LogP contribution >= 0.6 is 0 Å². The molecule has 6 nitrogen and oxygen atoms in total. The SMILES string of the molecule is COc1cc(C)ccc1OC(C)C(=O)N1CCN(C(=O)c2ccccc2)C[C@H]1C. The van der Waals surface area contributed by atoms with Gasteiger partial charge in [0, 0.05) is 31.2 Å². The molecule has 0 radical (unpaired) electrons. The molecular weight excluding hydrogens is 368 g/mol. The van der Waals surface area contributed by atoms with E-state index in [1.54, 1.807) is 23.8 Å². The van der Waals surface area contributed by atoms with Gasteiger partial charge in [0.15, 0.2) is 17.6 Å². The first-order chi connectivity index (χ1) is 13.9. The Morgan fingerprint density at radius 1 is 1.07 bits per heavy atom. The maximum atomic E-state index is 13.0. The summed E-state index contributed by atoms with van der Waals surface area (Å²) in [5, 5.41) is 0. The number of nitrogens with zero attached hydrogens (tertiary/aromatic N) is 2. The number of amides is 2. The lowest BCUT2D eigenvalue weighted by molar-refractivity contribution is -0.142. The van der Waals surface area contributed by atoms with Crippen LogP contribution in [0.5, 0.6) is 11.5 Å². The van der Waals surface area contributed by atoms with Crippen molar-refractivity contribution in [3.05, 3.63) is 59.7 Å². The van der Waals surface area contributed by atoms with Gasteiger partial charge in [-0.3, -0.25) is 9.59 Å². The third-order valence-electron chi connectivity index (χ3n) is 5.19. The molecule has 1 fully saturated rings. The van der Waals surface area contributed by atoms with Gasteiger partial charge in [0.25, 0.3) is 11.8 Å². The van der Waals surface area contributed by atoms with Gasteiger partial charge >= 0.3 is 0 Å². The monoisotopic (exact) mass is 396 g/mol. The topological polar surface area (TPSA) is 59.1 Å². The molecule has 1 unspecified atom stereocenters. The van der Waals surface area contributed by atoms with Gasteiger partial charge < -0.3 is 19.3 Å². The number of hydrogen-bond acceptors (Lipinski definition) is 4. The first-order valence-corrected chi connectivity index (χ1v) is 9.86. The minimum absolute atomic E-state index is 0.00163. The van der Waals surface area contributed by atoms with Gasteiger partial charge in [-0.1, -0.05) is 24.3 Å². The Balaban J connectivity index is 1.63. The molecule has 0 bridgehead atoms. The third-order valence-corrected chi connectivity index (χ3v) is 5.19. The predicted molar refractivity (Wildman–Crippen MR) is 111 cm³/mol. The largest absolute Gasteiger partial charge is 0.493 e. The summed E-state index contributed by atoms with van der Waals surface area (Å²) in [5.41, 5.74) is 1.73. The zero-order chi connectivity index (χ0) is 21.0. The maximum Gasteiger partial charge on any atom is 0.263 e. The van der Waals surface area contributed by atoms with Crippen LogP contribution in [-0.2, 0) is 4.79 Å². The van der Waals surface area contributed by atoms with Crippen LogP contribution in [0.1, 0.15) is 29.8 Å². The van der Waals surface area contributed by atoms with Crippen LogP contribution in [0.25, 0.3) is 0 Å². The minimum Gasteiger partial charge on any atom is -0.493 e. The summed E-state index contributed by atoms with van der Waals surface area (Å²) >= 11 is 0. The van der Waals surface area contributed by atoms with Crippen LogP contribution < -0.4 is 9.47 Å². The normalized spacial score (nSPS) is 17.6. The lowest BCUT2D eigenvalue weighted by Gasteiger charge is -2.40. The number of aryl methyl sites for hydroxylation is 1. The molecule has 1 heterocycles. The highest BCUT2D eigenvalue weighted by Gasteiger charge is 2.33. The Labute approximate surface area is 172 Å². The van der Waals surface area contributed by atoms with Gasteiger partial charge in [-0.05, 0) is 50.6 Å². The molecule has 2 atom stereocenters. The molecule has 2 aromatic carbocycles. The van der Waals surface area contributed by atoms with E-state index in [1.807, 2.05) is 62.4 Å². The van der Waals surface area contributed by atoms with Gasteiger partial charge in [-0.15, -0.1) is 0 Å². The molecule has 1 aliphatic rings. The van der Waals surface area contributed by atoms with Crippen LogP contribution in [0, 0.1) is 6.92 Å². The fourth-order valence-corrected chi connectivity index (χ4v) is 3.58. The number of carbonyl (C=O) groups is 2. The van der Waals surface area contributed by atoms with Crippen molar-refractivity contribution in [1.82, 2.24) is 9.80 Å². The van der Waals surface area contributed by atoms with Crippen molar-refractivity contribution >= 4 is 11.8 Å². The van der Waals surface area contributed by atoms with E-state index >= 15 is 0 Å². The smallest absolute Gasteiger partial charge is 0.263 e. The van der Waals surface area contributed by atoms with E-state index in [1.165, 1.54) is 0 Å².